The standard InChI is InChI=1S/C68H61N/c1-2-14-55(15-3-1)69(56-26-23-46(24-27-56)49-25-28-61-59-17-4-6-21-63(59)67(65(61)41-49)51-31-42-29-43(33-51)34-52(67)32-42)57-16-9-12-48(40-57)47-11-8-13-50(39-47)58-19-10-20-62-60-18-5-7-22-64(60)68(66(58)62)53-35-44-30-45(37-53)38-54(68)36-44/h1-17,19-28,39-45,51-54,60H,18,29-38H2. The van der Waals surface area contributed by atoms with Gasteiger partial charge in [-0.1, -0.05) is 139 Å². The highest BCUT2D eigenvalue weighted by atomic mass is 15.1. The average molecular weight is 892 g/mol. The van der Waals surface area contributed by atoms with Crippen LogP contribution in [0.4, 0.5) is 17.1 Å². The van der Waals surface area contributed by atoms with Crippen LogP contribution in [0, 0.1) is 47.3 Å². The summed E-state index contributed by atoms with van der Waals surface area (Å²) in [5.41, 5.74) is 23.3. The molecule has 18 rings (SSSR count). The number of nitrogens with zero attached hydrogens (tertiary/aromatic N) is 1. The Bertz CT molecular complexity index is 3230. The number of benzene rings is 7. The summed E-state index contributed by atoms with van der Waals surface area (Å²) in [5, 5.41) is 0. The molecule has 0 aromatic heterocycles. The fraction of sp³-hybridized carbons (Fsp3) is 0.324. The summed E-state index contributed by atoms with van der Waals surface area (Å²) in [4.78, 5) is 2.45. The summed E-state index contributed by atoms with van der Waals surface area (Å²) in [5.74, 6) is 7.40. The summed E-state index contributed by atoms with van der Waals surface area (Å²) in [6, 6.07) is 63.7. The van der Waals surface area contributed by atoms with E-state index in [0.29, 0.717) is 5.92 Å². The van der Waals surface area contributed by atoms with Crippen LogP contribution >= 0.6 is 0 Å². The Kier molecular flexibility index (Phi) is 8.43. The maximum absolute atomic E-state index is 2.63. The number of para-hydroxylation sites is 1. The molecule has 11 aliphatic rings. The van der Waals surface area contributed by atoms with Gasteiger partial charge in [0.1, 0.15) is 0 Å². The van der Waals surface area contributed by atoms with E-state index in [9.17, 15) is 0 Å². The Morgan fingerprint density at radius 2 is 0.928 bits per heavy atom. The van der Waals surface area contributed by atoms with Crippen molar-refractivity contribution in [2.75, 3.05) is 4.90 Å². The second kappa shape index (κ2) is 14.7. The Morgan fingerprint density at radius 1 is 0.377 bits per heavy atom. The lowest BCUT2D eigenvalue weighted by Crippen LogP contribution is -2.55. The molecular formula is C68H61N. The van der Waals surface area contributed by atoms with Crippen LogP contribution in [0.25, 0.3) is 44.5 Å². The van der Waals surface area contributed by atoms with E-state index in [1.165, 1.54) is 126 Å². The molecule has 0 saturated heterocycles. The van der Waals surface area contributed by atoms with Crippen molar-refractivity contribution in [1.29, 1.82) is 0 Å². The summed E-state index contributed by atoms with van der Waals surface area (Å²) in [6.45, 7) is 0. The zero-order valence-corrected chi connectivity index (χ0v) is 39.7. The van der Waals surface area contributed by atoms with Crippen molar-refractivity contribution in [3.05, 3.63) is 210 Å². The molecule has 1 atom stereocenters. The van der Waals surface area contributed by atoms with E-state index in [1.54, 1.807) is 27.8 Å². The highest BCUT2D eigenvalue weighted by molar-refractivity contribution is 5.87. The fourth-order valence-corrected chi connectivity index (χ4v) is 18.7. The van der Waals surface area contributed by atoms with Crippen molar-refractivity contribution in [1.82, 2.24) is 0 Å². The largest absolute Gasteiger partial charge is 0.310 e. The minimum absolute atomic E-state index is 0.177. The minimum Gasteiger partial charge on any atom is -0.310 e. The van der Waals surface area contributed by atoms with Crippen LogP contribution < -0.4 is 4.90 Å². The molecule has 8 bridgehead atoms. The number of hydrogen-bond donors (Lipinski definition) is 0. The molecule has 8 fully saturated rings. The van der Waals surface area contributed by atoms with E-state index >= 15 is 0 Å². The predicted octanol–water partition coefficient (Wildman–Crippen LogP) is 17.6. The molecule has 1 unspecified atom stereocenters. The normalized spacial score (nSPS) is 32.0. The molecule has 0 heterocycles. The Balaban J connectivity index is 0.757. The van der Waals surface area contributed by atoms with Crippen LogP contribution in [0.1, 0.15) is 98.8 Å². The second-order valence-electron chi connectivity index (χ2n) is 23.6. The molecule has 0 amide bonds. The van der Waals surface area contributed by atoms with Gasteiger partial charge in [0, 0.05) is 33.8 Å². The molecule has 8 saturated carbocycles. The third kappa shape index (κ3) is 5.49. The molecule has 11 aliphatic carbocycles. The maximum atomic E-state index is 2.63. The van der Waals surface area contributed by atoms with Crippen molar-refractivity contribution in [2.45, 2.75) is 87.4 Å². The molecule has 1 nitrogen and oxygen atoms in total. The van der Waals surface area contributed by atoms with E-state index in [2.05, 4.69) is 187 Å². The summed E-state index contributed by atoms with van der Waals surface area (Å²) in [7, 11) is 0. The first-order chi connectivity index (χ1) is 34.1. The fourth-order valence-electron chi connectivity index (χ4n) is 18.7. The maximum Gasteiger partial charge on any atom is 0.0467 e. The lowest BCUT2D eigenvalue weighted by Gasteiger charge is -2.62. The van der Waals surface area contributed by atoms with Crippen LogP contribution in [-0.4, -0.2) is 0 Å². The zero-order chi connectivity index (χ0) is 45.0. The molecule has 0 aliphatic heterocycles. The minimum atomic E-state index is 0.177. The van der Waals surface area contributed by atoms with E-state index < -0.39 is 0 Å². The number of hydrogen-bond acceptors (Lipinski definition) is 1. The van der Waals surface area contributed by atoms with Gasteiger partial charge in [0.25, 0.3) is 0 Å². The molecule has 2 spiro atoms. The quantitative estimate of drug-likeness (QED) is 0.161. The van der Waals surface area contributed by atoms with Crippen molar-refractivity contribution in [3.8, 4) is 44.5 Å². The predicted molar refractivity (Wildman–Crippen MR) is 284 cm³/mol. The number of anilines is 3. The van der Waals surface area contributed by atoms with Gasteiger partial charge in [-0.05, 0) is 233 Å². The monoisotopic (exact) mass is 891 g/mol. The summed E-state index contributed by atoms with van der Waals surface area (Å²) >= 11 is 0. The Labute approximate surface area is 409 Å². The highest BCUT2D eigenvalue weighted by Crippen LogP contribution is 2.73. The van der Waals surface area contributed by atoms with Gasteiger partial charge in [-0.2, -0.15) is 0 Å². The van der Waals surface area contributed by atoms with E-state index in [1.807, 2.05) is 0 Å². The molecule has 7 aromatic carbocycles. The Hall–Kier alpha value is -6.18. The molecule has 0 radical (unpaired) electrons. The molecule has 69 heavy (non-hydrogen) atoms. The number of allylic oxidation sites excluding steroid dienone is 4. The van der Waals surface area contributed by atoms with Crippen LogP contribution in [0.15, 0.2) is 188 Å². The van der Waals surface area contributed by atoms with Gasteiger partial charge in [-0.25, -0.2) is 0 Å². The smallest absolute Gasteiger partial charge is 0.0467 e. The molecular weight excluding hydrogens is 831 g/mol. The summed E-state index contributed by atoms with van der Waals surface area (Å²) in [6.07, 6.45) is 22.9. The van der Waals surface area contributed by atoms with Gasteiger partial charge < -0.3 is 4.90 Å². The van der Waals surface area contributed by atoms with Crippen molar-refractivity contribution >= 4 is 17.1 Å². The first-order valence-electron chi connectivity index (χ1n) is 27.0. The van der Waals surface area contributed by atoms with Crippen LogP contribution in [0.2, 0.25) is 0 Å². The molecule has 7 aromatic rings. The average Bonchev–Trinajstić information content (AvgIpc) is 3.86. The number of rotatable bonds is 6. The number of fused-ring (bicyclic) bond motifs is 6. The van der Waals surface area contributed by atoms with Crippen molar-refractivity contribution in [2.24, 2.45) is 47.3 Å². The van der Waals surface area contributed by atoms with Gasteiger partial charge in [0.2, 0.25) is 0 Å². The van der Waals surface area contributed by atoms with Gasteiger partial charge in [-0.3, -0.25) is 0 Å². The lowest BCUT2D eigenvalue weighted by atomic mass is 9.42. The molecule has 0 N–H and O–H groups in total. The van der Waals surface area contributed by atoms with E-state index in [-0.39, 0.29) is 10.8 Å². The third-order valence-electron chi connectivity index (χ3n) is 20.6. The van der Waals surface area contributed by atoms with Crippen LogP contribution in [0.3, 0.4) is 0 Å². The van der Waals surface area contributed by atoms with E-state index in [4.69, 9.17) is 0 Å². The Morgan fingerprint density at radius 3 is 1.67 bits per heavy atom. The second-order valence-corrected chi connectivity index (χ2v) is 23.6. The van der Waals surface area contributed by atoms with Gasteiger partial charge >= 0.3 is 0 Å². The van der Waals surface area contributed by atoms with Gasteiger partial charge in [-0.15, -0.1) is 0 Å². The lowest BCUT2D eigenvalue weighted by molar-refractivity contribution is -0.0421. The van der Waals surface area contributed by atoms with Crippen molar-refractivity contribution < 1.29 is 0 Å². The topological polar surface area (TPSA) is 3.24 Å². The SMILES string of the molecule is C1=CCC2C(=C1)C1(c3c(-c4cccc(-c5cccc(N(c6ccccc6)c6ccc(-c7ccc8c(c7)C7(c9ccccc9-8)C8CC9CC(C8)CC7C9)cc6)c5)c4)cccc32)C2CC3CC(C2)CC1C3. The van der Waals surface area contributed by atoms with E-state index in [0.717, 1.165) is 53.8 Å². The highest BCUT2D eigenvalue weighted by Gasteiger charge is 2.64. The molecule has 1 heteroatoms. The molecule has 338 valence electrons. The van der Waals surface area contributed by atoms with Gasteiger partial charge in [0.15, 0.2) is 0 Å². The van der Waals surface area contributed by atoms with Crippen LogP contribution in [-0.2, 0) is 10.8 Å². The van der Waals surface area contributed by atoms with Gasteiger partial charge in [0.05, 0.1) is 0 Å². The first-order valence-corrected chi connectivity index (χ1v) is 27.0. The third-order valence-corrected chi connectivity index (χ3v) is 20.6. The van der Waals surface area contributed by atoms with Crippen LogP contribution in [0.5, 0.6) is 0 Å². The first kappa shape index (κ1) is 39.6. The summed E-state index contributed by atoms with van der Waals surface area (Å²) < 4.78 is 0. The van der Waals surface area contributed by atoms with Crippen molar-refractivity contribution in [3.63, 3.8) is 0 Å². The zero-order valence-electron chi connectivity index (χ0n) is 39.7.